The molecule has 0 aromatic carbocycles. The van der Waals surface area contributed by atoms with E-state index in [1.54, 1.807) is 0 Å². The normalized spacial score (nSPS) is 12.1. The Kier molecular flexibility index (Phi) is 16.4. The number of ether oxygens (including phenoxy) is 2. The Morgan fingerprint density at radius 1 is 0.568 bits per heavy atom. The first-order chi connectivity index (χ1) is 20.6. The van der Waals surface area contributed by atoms with Crippen molar-refractivity contribution in [2.45, 2.75) is 170 Å². The summed E-state index contributed by atoms with van der Waals surface area (Å²) in [4.78, 5) is 23.0. The van der Waals surface area contributed by atoms with Crippen LogP contribution in [0.5, 0.6) is 0 Å². The maximum Gasteiger partial charge on any atom is 0.509 e. The van der Waals surface area contributed by atoms with E-state index in [0.717, 1.165) is 48.5 Å². The molecule has 7 heteroatoms. The Balaban J connectivity index is 2.18. The van der Waals surface area contributed by atoms with Gasteiger partial charge in [0.1, 0.15) is 11.2 Å². The molecule has 44 heavy (non-hydrogen) atoms. The molecule has 0 bridgehead atoms. The van der Waals surface area contributed by atoms with Gasteiger partial charge < -0.3 is 9.47 Å². The number of aromatic nitrogens is 2. The Hall–Kier alpha value is -0.970. The minimum Gasteiger partial charge on any atom is -0.428 e. The molecule has 2 rings (SSSR count). The van der Waals surface area contributed by atoms with E-state index in [2.05, 4.69) is 86.7 Å². The quantitative estimate of drug-likeness (QED) is 0.0851. The van der Waals surface area contributed by atoms with Crippen LogP contribution in [0.2, 0.25) is 0 Å². The van der Waals surface area contributed by atoms with E-state index in [4.69, 9.17) is 19.4 Å². The highest BCUT2D eigenvalue weighted by Crippen LogP contribution is 2.32. The number of pyridine rings is 2. The highest BCUT2D eigenvalue weighted by atomic mass is 127. The van der Waals surface area contributed by atoms with E-state index < -0.39 is 17.4 Å². The molecular formula is C37H58I2N2O3. The first kappa shape index (κ1) is 39.2. The van der Waals surface area contributed by atoms with Crippen molar-refractivity contribution in [3.63, 3.8) is 0 Å². The number of carbonyl (C=O) groups is 1. The van der Waals surface area contributed by atoms with Gasteiger partial charge in [-0.1, -0.05) is 65.2 Å². The molecule has 2 heterocycles. The summed E-state index contributed by atoms with van der Waals surface area (Å²) in [7, 11) is 0. The molecule has 0 aliphatic heterocycles. The minimum atomic E-state index is -0.730. The average molecular weight is 833 g/mol. The number of nitrogens with zero attached hydrogens (tertiary/aromatic N) is 2. The Labute approximate surface area is 296 Å². The Morgan fingerprint density at radius 2 is 0.909 bits per heavy atom. The largest absolute Gasteiger partial charge is 0.509 e. The van der Waals surface area contributed by atoms with Crippen LogP contribution in [0.15, 0.2) is 0 Å². The Bertz CT molecular complexity index is 1150. The zero-order valence-electron chi connectivity index (χ0n) is 29.3. The SMILES string of the molecule is CCCCCCCc1c(C)nc(C)c(I)c1CC(C)(C)OC(=O)OC(C)(C)Cc1c(I)c(C)nc(C)c1CCCCCCC. The van der Waals surface area contributed by atoms with Crippen molar-refractivity contribution in [3.8, 4) is 0 Å². The lowest BCUT2D eigenvalue weighted by molar-refractivity contribution is -0.0584. The number of aryl methyl sites for hydroxylation is 4. The zero-order chi connectivity index (χ0) is 33.1. The molecule has 0 radical (unpaired) electrons. The summed E-state index contributed by atoms with van der Waals surface area (Å²) in [5, 5.41) is 0. The summed E-state index contributed by atoms with van der Waals surface area (Å²) in [5.74, 6) is 0. The molecule has 0 spiro atoms. The van der Waals surface area contributed by atoms with Gasteiger partial charge in [0.15, 0.2) is 0 Å². The van der Waals surface area contributed by atoms with Crippen molar-refractivity contribution in [2.24, 2.45) is 0 Å². The molecule has 0 aliphatic carbocycles. The molecule has 0 unspecified atom stereocenters. The fourth-order valence-corrected chi connectivity index (χ4v) is 7.39. The number of carbonyl (C=O) groups excluding carboxylic acids is 1. The van der Waals surface area contributed by atoms with Gasteiger partial charge >= 0.3 is 6.16 Å². The van der Waals surface area contributed by atoms with Gasteiger partial charge in [0, 0.05) is 31.4 Å². The molecule has 0 saturated carbocycles. The number of hydrogen-bond donors (Lipinski definition) is 0. The van der Waals surface area contributed by atoms with Crippen LogP contribution in [0, 0.1) is 34.8 Å². The predicted octanol–water partition coefficient (Wildman–Crippen LogP) is 11.4. The lowest BCUT2D eigenvalue weighted by Crippen LogP contribution is -2.37. The van der Waals surface area contributed by atoms with Crippen molar-refractivity contribution >= 4 is 51.3 Å². The minimum absolute atomic E-state index is 0.614. The third-order valence-electron chi connectivity index (χ3n) is 8.42. The van der Waals surface area contributed by atoms with Gasteiger partial charge in [-0.2, -0.15) is 0 Å². The second-order valence-corrected chi connectivity index (χ2v) is 15.9. The van der Waals surface area contributed by atoms with E-state index in [1.807, 2.05) is 27.7 Å². The van der Waals surface area contributed by atoms with E-state index in [1.165, 1.54) is 80.8 Å². The van der Waals surface area contributed by atoms with Crippen LogP contribution in [0.4, 0.5) is 4.79 Å². The topological polar surface area (TPSA) is 61.3 Å². The summed E-state index contributed by atoms with van der Waals surface area (Å²) < 4.78 is 14.5. The van der Waals surface area contributed by atoms with E-state index in [-0.39, 0.29) is 0 Å². The third-order valence-corrected chi connectivity index (χ3v) is 11.3. The summed E-state index contributed by atoms with van der Waals surface area (Å²) in [6, 6.07) is 0. The molecule has 2 aromatic rings. The summed E-state index contributed by atoms with van der Waals surface area (Å²) in [5.41, 5.74) is 7.91. The molecule has 2 aromatic heterocycles. The van der Waals surface area contributed by atoms with Gasteiger partial charge in [-0.3, -0.25) is 9.97 Å². The van der Waals surface area contributed by atoms with Crippen LogP contribution in [0.1, 0.15) is 151 Å². The van der Waals surface area contributed by atoms with Crippen LogP contribution >= 0.6 is 45.2 Å². The number of hydrogen-bond acceptors (Lipinski definition) is 5. The van der Waals surface area contributed by atoms with Gasteiger partial charge in [0.2, 0.25) is 0 Å². The average Bonchev–Trinajstić information content (AvgIpc) is 2.91. The molecule has 0 amide bonds. The monoisotopic (exact) mass is 832 g/mol. The van der Waals surface area contributed by atoms with Crippen molar-refractivity contribution < 1.29 is 14.3 Å². The van der Waals surface area contributed by atoms with Gasteiger partial charge in [-0.25, -0.2) is 4.79 Å². The van der Waals surface area contributed by atoms with E-state index in [9.17, 15) is 4.79 Å². The second-order valence-electron chi connectivity index (χ2n) is 13.8. The molecule has 0 atom stereocenters. The van der Waals surface area contributed by atoms with Crippen molar-refractivity contribution in [2.75, 3.05) is 0 Å². The van der Waals surface area contributed by atoms with E-state index in [0.29, 0.717) is 12.8 Å². The Morgan fingerprint density at radius 3 is 1.25 bits per heavy atom. The number of unbranched alkanes of at least 4 members (excludes halogenated alkanes) is 8. The molecule has 0 saturated heterocycles. The number of rotatable bonds is 18. The lowest BCUT2D eigenvalue weighted by atomic mass is 9.91. The molecule has 0 aliphatic rings. The molecule has 5 nitrogen and oxygen atoms in total. The first-order valence-electron chi connectivity index (χ1n) is 16.8. The maximum absolute atomic E-state index is 13.3. The van der Waals surface area contributed by atoms with Crippen molar-refractivity contribution in [1.29, 1.82) is 0 Å². The summed E-state index contributed by atoms with van der Waals surface area (Å²) in [6.45, 7) is 20.8. The highest BCUT2D eigenvalue weighted by Gasteiger charge is 2.33. The predicted molar refractivity (Wildman–Crippen MR) is 201 cm³/mol. The fourth-order valence-electron chi connectivity index (χ4n) is 6.11. The van der Waals surface area contributed by atoms with Gasteiger partial charge in [-0.15, -0.1) is 0 Å². The van der Waals surface area contributed by atoms with Gasteiger partial charge in [-0.05, 0) is 149 Å². The van der Waals surface area contributed by atoms with Crippen molar-refractivity contribution in [1.82, 2.24) is 9.97 Å². The lowest BCUT2D eigenvalue weighted by Gasteiger charge is -2.31. The van der Waals surface area contributed by atoms with Gasteiger partial charge in [0.05, 0.1) is 11.4 Å². The van der Waals surface area contributed by atoms with Crippen molar-refractivity contribution in [3.05, 3.63) is 52.2 Å². The smallest absolute Gasteiger partial charge is 0.428 e. The molecular weight excluding hydrogens is 774 g/mol. The van der Waals surface area contributed by atoms with Crippen LogP contribution in [0.25, 0.3) is 0 Å². The van der Waals surface area contributed by atoms with E-state index >= 15 is 0 Å². The standard InChI is InChI=1S/C37H58I2N2O3/c1-11-13-15-17-19-21-29-25(3)40-27(5)33(38)31(29)23-36(7,8)43-35(42)44-37(9,10)24-32-30(22-20-18-16-14-12-2)26(4)41-28(6)34(32)39/h11-24H2,1-10H3. The number of halogens is 2. The highest BCUT2D eigenvalue weighted by molar-refractivity contribution is 14.1. The van der Waals surface area contributed by atoms with Crippen LogP contribution in [0.3, 0.4) is 0 Å². The molecule has 248 valence electrons. The van der Waals surface area contributed by atoms with Crippen LogP contribution < -0.4 is 0 Å². The molecule has 0 N–H and O–H groups in total. The van der Waals surface area contributed by atoms with Crippen LogP contribution in [-0.4, -0.2) is 27.3 Å². The molecule has 0 fully saturated rings. The maximum atomic E-state index is 13.3. The fraction of sp³-hybridized carbons (Fsp3) is 0.703. The summed E-state index contributed by atoms with van der Waals surface area (Å²) in [6.07, 6.45) is 15.0. The summed E-state index contributed by atoms with van der Waals surface area (Å²) >= 11 is 4.83. The zero-order valence-corrected chi connectivity index (χ0v) is 33.6. The first-order valence-corrected chi connectivity index (χ1v) is 19.0. The van der Waals surface area contributed by atoms with Gasteiger partial charge in [0.25, 0.3) is 0 Å². The second kappa shape index (κ2) is 18.4. The third kappa shape index (κ3) is 12.3. The van der Waals surface area contributed by atoms with Crippen LogP contribution in [-0.2, 0) is 35.2 Å².